The standard InChI is InChI=1S/C8H15NO/c1-7(10)2-3-8(4-7)5-9-6-8/h9-10H,2-6H2,1H3. The molecule has 1 unspecified atom stereocenters. The lowest BCUT2D eigenvalue weighted by molar-refractivity contribution is 0.0416. The van der Waals surface area contributed by atoms with E-state index in [2.05, 4.69) is 5.32 Å². The molecule has 1 aliphatic carbocycles. The molecule has 0 aromatic heterocycles. The van der Waals surface area contributed by atoms with Gasteiger partial charge in [0.05, 0.1) is 5.60 Å². The topological polar surface area (TPSA) is 32.3 Å². The predicted octanol–water partition coefficient (Wildman–Crippen LogP) is 0.511. The Balaban J connectivity index is 2.05. The van der Waals surface area contributed by atoms with E-state index >= 15 is 0 Å². The van der Waals surface area contributed by atoms with Gasteiger partial charge in [0.1, 0.15) is 0 Å². The molecule has 0 radical (unpaired) electrons. The van der Waals surface area contributed by atoms with Crippen molar-refractivity contribution in [2.45, 2.75) is 31.8 Å². The van der Waals surface area contributed by atoms with Crippen LogP contribution in [0.15, 0.2) is 0 Å². The van der Waals surface area contributed by atoms with E-state index in [-0.39, 0.29) is 5.60 Å². The van der Waals surface area contributed by atoms with Crippen LogP contribution in [0.5, 0.6) is 0 Å². The van der Waals surface area contributed by atoms with Crippen molar-refractivity contribution in [3.63, 3.8) is 0 Å². The molecule has 1 spiro atoms. The van der Waals surface area contributed by atoms with Gasteiger partial charge >= 0.3 is 0 Å². The molecule has 0 aromatic carbocycles. The first-order valence-electron chi connectivity index (χ1n) is 4.05. The lowest BCUT2D eigenvalue weighted by atomic mass is 9.79. The van der Waals surface area contributed by atoms with E-state index in [1.54, 1.807) is 0 Å². The third-order valence-electron chi connectivity index (χ3n) is 2.95. The van der Waals surface area contributed by atoms with Crippen LogP contribution in [0.4, 0.5) is 0 Å². The average Bonchev–Trinajstić information content (AvgIpc) is 2.04. The minimum Gasteiger partial charge on any atom is -0.390 e. The van der Waals surface area contributed by atoms with E-state index in [1.165, 1.54) is 6.42 Å². The van der Waals surface area contributed by atoms with Crippen molar-refractivity contribution in [3.05, 3.63) is 0 Å². The van der Waals surface area contributed by atoms with Crippen molar-refractivity contribution >= 4 is 0 Å². The molecule has 1 saturated heterocycles. The van der Waals surface area contributed by atoms with Gasteiger partial charge in [-0.3, -0.25) is 0 Å². The van der Waals surface area contributed by atoms with Gasteiger partial charge in [-0.25, -0.2) is 0 Å². The number of hydrogen-bond donors (Lipinski definition) is 2. The third kappa shape index (κ3) is 0.867. The Morgan fingerprint density at radius 3 is 2.20 bits per heavy atom. The van der Waals surface area contributed by atoms with Crippen molar-refractivity contribution in [1.29, 1.82) is 0 Å². The van der Waals surface area contributed by atoms with E-state index in [0.717, 1.165) is 25.9 Å². The molecule has 2 heteroatoms. The number of rotatable bonds is 0. The molecule has 2 fully saturated rings. The summed E-state index contributed by atoms with van der Waals surface area (Å²) in [5.74, 6) is 0. The molecule has 1 saturated carbocycles. The second-order valence-corrected chi connectivity index (χ2v) is 4.28. The highest BCUT2D eigenvalue weighted by Gasteiger charge is 2.47. The van der Waals surface area contributed by atoms with Crippen LogP contribution >= 0.6 is 0 Å². The van der Waals surface area contributed by atoms with Gasteiger partial charge in [-0.1, -0.05) is 0 Å². The minimum atomic E-state index is -0.359. The zero-order chi connectivity index (χ0) is 7.24. The Hall–Kier alpha value is -0.0800. The molecule has 2 nitrogen and oxygen atoms in total. The van der Waals surface area contributed by atoms with Crippen LogP contribution < -0.4 is 5.32 Å². The van der Waals surface area contributed by atoms with Crippen molar-refractivity contribution in [2.75, 3.05) is 13.1 Å². The quantitative estimate of drug-likeness (QED) is 0.515. The molecule has 1 heterocycles. The summed E-state index contributed by atoms with van der Waals surface area (Å²) in [4.78, 5) is 0. The summed E-state index contributed by atoms with van der Waals surface area (Å²) in [7, 11) is 0. The van der Waals surface area contributed by atoms with Crippen LogP contribution in [0.2, 0.25) is 0 Å². The van der Waals surface area contributed by atoms with Gasteiger partial charge in [-0.15, -0.1) is 0 Å². The summed E-state index contributed by atoms with van der Waals surface area (Å²) < 4.78 is 0. The summed E-state index contributed by atoms with van der Waals surface area (Å²) in [6, 6.07) is 0. The molecule has 0 aromatic rings. The Bertz CT molecular complexity index is 149. The van der Waals surface area contributed by atoms with Gasteiger partial charge in [0, 0.05) is 13.1 Å². The summed E-state index contributed by atoms with van der Waals surface area (Å²) in [5.41, 5.74) is 0.131. The van der Waals surface area contributed by atoms with Gasteiger partial charge in [-0.05, 0) is 31.6 Å². The van der Waals surface area contributed by atoms with Crippen LogP contribution in [0, 0.1) is 5.41 Å². The molecule has 2 aliphatic rings. The molecule has 1 aliphatic heterocycles. The van der Waals surface area contributed by atoms with Gasteiger partial charge in [0.25, 0.3) is 0 Å². The van der Waals surface area contributed by atoms with Crippen LogP contribution in [0.1, 0.15) is 26.2 Å². The van der Waals surface area contributed by atoms with Crippen molar-refractivity contribution in [1.82, 2.24) is 5.32 Å². The SMILES string of the molecule is CC1(O)CCC2(CNC2)C1. The fourth-order valence-electron chi connectivity index (χ4n) is 2.30. The van der Waals surface area contributed by atoms with Crippen LogP contribution in [0.25, 0.3) is 0 Å². The fourth-order valence-corrected chi connectivity index (χ4v) is 2.30. The first-order valence-corrected chi connectivity index (χ1v) is 4.05. The normalized spacial score (nSPS) is 43.8. The smallest absolute Gasteiger partial charge is 0.0626 e. The molecule has 2 rings (SSSR count). The minimum absolute atomic E-state index is 0.359. The summed E-state index contributed by atoms with van der Waals surface area (Å²) in [6.45, 7) is 4.21. The van der Waals surface area contributed by atoms with Gasteiger partial charge in [0.2, 0.25) is 0 Å². The monoisotopic (exact) mass is 141 g/mol. The van der Waals surface area contributed by atoms with Gasteiger partial charge < -0.3 is 10.4 Å². The Labute approximate surface area is 61.6 Å². The second-order valence-electron chi connectivity index (χ2n) is 4.28. The van der Waals surface area contributed by atoms with E-state index < -0.39 is 0 Å². The van der Waals surface area contributed by atoms with E-state index in [9.17, 15) is 5.11 Å². The molecule has 58 valence electrons. The van der Waals surface area contributed by atoms with Crippen LogP contribution in [0.3, 0.4) is 0 Å². The molecule has 10 heavy (non-hydrogen) atoms. The summed E-state index contributed by atoms with van der Waals surface area (Å²) in [5, 5.41) is 12.9. The highest BCUT2D eigenvalue weighted by molar-refractivity contribution is 5.02. The van der Waals surface area contributed by atoms with E-state index in [4.69, 9.17) is 0 Å². The Kier molecular flexibility index (Phi) is 1.15. The van der Waals surface area contributed by atoms with Gasteiger partial charge in [-0.2, -0.15) is 0 Å². The molecule has 0 bridgehead atoms. The zero-order valence-corrected chi connectivity index (χ0v) is 6.48. The highest BCUT2D eigenvalue weighted by Crippen LogP contribution is 2.46. The van der Waals surface area contributed by atoms with Crippen molar-refractivity contribution in [2.24, 2.45) is 5.41 Å². The Morgan fingerprint density at radius 2 is 2.00 bits per heavy atom. The summed E-state index contributed by atoms with van der Waals surface area (Å²) >= 11 is 0. The molecule has 2 N–H and O–H groups in total. The first-order chi connectivity index (χ1) is 4.62. The van der Waals surface area contributed by atoms with Crippen LogP contribution in [-0.4, -0.2) is 23.8 Å². The largest absolute Gasteiger partial charge is 0.390 e. The maximum Gasteiger partial charge on any atom is 0.0626 e. The van der Waals surface area contributed by atoms with E-state index in [0.29, 0.717) is 5.41 Å². The highest BCUT2D eigenvalue weighted by atomic mass is 16.3. The lowest BCUT2D eigenvalue weighted by Crippen LogP contribution is -2.52. The molecule has 1 atom stereocenters. The Morgan fingerprint density at radius 1 is 1.30 bits per heavy atom. The maximum absolute atomic E-state index is 9.67. The second kappa shape index (κ2) is 1.74. The van der Waals surface area contributed by atoms with Crippen molar-refractivity contribution in [3.8, 4) is 0 Å². The van der Waals surface area contributed by atoms with Crippen LogP contribution in [-0.2, 0) is 0 Å². The molecule has 0 amide bonds. The number of aliphatic hydroxyl groups is 1. The van der Waals surface area contributed by atoms with E-state index in [1.807, 2.05) is 6.92 Å². The number of nitrogens with one attached hydrogen (secondary N) is 1. The maximum atomic E-state index is 9.67. The van der Waals surface area contributed by atoms with Crippen molar-refractivity contribution < 1.29 is 5.11 Å². The lowest BCUT2D eigenvalue weighted by Gasteiger charge is -2.40. The molecular weight excluding hydrogens is 126 g/mol. The zero-order valence-electron chi connectivity index (χ0n) is 6.48. The summed E-state index contributed by atoms with van der Waals surface area (Å²) in [6.07, 6.45) is 3.22. The third-order valence-corrected chi connectivity index (χ3v) is 2.95. The fraction of sp³-hybridized carbons (Fsp3) is 1.00. The molecular formula is C8H15NO. The number of hydrogen-bond acceptors (Lipinski definition) is 2. The predicted molar refractivity (Wildman–Crippen MR) is 39.8 cm³/mol. The average molecular weight is 141 g/mol. The van der Waals surface area contributed by atoms with Gasteiger partial charge in [0.15, 0.2) is 0 Å². The first kappa shape index (κ1) is 6.62.